The Labute approximate surface area is 330 Å². The molecule has 0 aliphatic rings. The van der Waals surface area contributed by atoms with Crippen molar-refractivity contribution in [3.8, 4) is 22.5 Å². The molecule has 308 valence electrons. The zero-order valence-electron chi connectivity index (χ0n) is 32.3. The second-order valence-corrected chi connectivity index (χ2v) is 13.7. The maximum Gasteiger partial charge on any atom is 0.328 e. The third-order valence-corrected chi connectivity index (χ3v) is 9.10. The lowest BCUT2D eigenvalue weighted by molar-refractivity contribution is -0.527. The Morgan fingerprint density at radius 2 is 1.54 bits per heavy atom. The van der Waals surface area contributed by atoms with Crippen LogP contribution in [0.25, 0.3) is 22.5 Å². The number of benzene rings is 3. The third-order valence-electron chi connectivity index (χ3n) is 9.10. The minimum atomic E-state index is -1.07. The van der Waals surface area contributed by atoms with E-state index in [-0.39, 0.29) is 44.2 Å². The van der Waals surface area contributed by atoms with E-state index in [4.69, 9.17) is 30.4 Å². The van der Waals surface area contributed by atoms with Crippen LogP contribution in [0.4, 0.5) is 0 Å². The van der Waals surface area contributed by atoms with Crippen molar-refractivity contribution in [1.82, 2.24) is 41.6 Å². The van der Waals surface area contributed by atoms with Gasteiger partial charge >= 0.3 is 5.97 Å². The Morgan fingerprint density at radius 1 is 0.842 bits per heavy atom. The second-order valence-electron chi connectivity index (χ2n) is 13.7. The van der Waals surface area contributed by atoms with Crippen LogP contribution in [0.5, 0.6) is 0 Å². The lowest BCUT2D eigenvalue weighted by atomic mass is 9.96. The molecular weight excluding hydrogens is 740 g/mol. The largest absolute Gasteiger partial charge is 0.464 e. The zero-order chi connectivity index (χ0) is 41.2. The van der Waals surface area contributed by atoms with E-state index in [1.165, 1.54) is 0 Å². The number of esters is 1. The molecule has 18 heteroatoms. The van der Waals surface area contributed by atoms with E-state index in [0.717, 1.165) is 34.2 Å². The summed E-state index contributed by atoms with van der Waals surface area (Å²) in [5.74, 6) is -1.19. The highest BCUT2D eigenvalue weighted by Crippen LogP contribution is 2.30. The minimum Gasteiger partial charge on any atom is -0.464 e. The number of hydrogen-bond donors (Lipinski definition) is 6. The van der Waals surface area contributed by atoms with Crippen molar-refractivity contribution in [1.29, 1.82) is 0 Å². The first kappa shape index (κ1) is 44.5. The SMILES string of the molecule is CCCCC(=O)N(Cc1ccc(-c2ccccc2-c2nn[nH]n2)cc1)C(C(=O)NC(Cc1ccccc1)C(=O)OCCCCC(CON(O)O)ON(O)O)C(C)C. The molecule has 0 aliphatic carbocycles. The number of aromatic nitrogens is 4. The van der Waals surface area contributed by atoms with Crippen molar-refractivity contribution in [3.63, 3.8) is 0 Å². The Kier molecular flexibility index (Phi) is 18.1. The smallest absolute Gasteiger partial charge is 0.328 e. The molecule has 0 saturated heterocycles. The molecule has 0 spiro atoms. The molecule has 2 amide bonds. The molecule has 4 aromatic rings. The van der Waals surface area contributed by atoms with Gasteiger partial charge in [0.05, 0.1) is 17.4 Å². The molecule has 18 nitrogen and oxygen atoms in total. The Morgan fingerprint density at radius 3 is 2.18 bits per heavy atom. The maximum absolute atomic E-state index is 14.3. The number of amides is 2. The van der Waals surface area contributed by atoms with Gasteiger partial charge in [-0.05, 0) is 59.1 Å². The Balaban J connectivity index is 1.49. The first-order valence-corrected chi connectivity index (χ1v) is 18.8. The predicted octanol–water partition coefficient (Wildman–Crippen LogP) is 4.91. The van der Waals surface area contributed by atoms with Gasteiger partial charge in [-0.15, -0.1) is 10.2 Å². The highest BCUT2D eigenvalue weighted by Gasteiger charge is 2.35. The Hall–Kier alpha value is -5.18. The van der Waals surface area contributed by atoms with Crippen molar-refractivity contribution < 1.29 is 49.6 Å². The van der Waals surface area contributed by atoms with E-state index in [1.54, 1.807) is 4.90 Å². The molecule has 3 unspecified atom stereocenters. The van der Waals surface area contributed by atoms with E-state index in [2.05, 4.69) is 30.8 Å². The topological polar surface area (TPSA) is 236 Å². The van der Waals surface area contributed by atoms with Crippen LogP contribution in [0, 0.1) is 5.92 Å². The summed E-state index contributed by atoms with van der Waals surface area (Å²) in [6.45, 7) is 5.42. The van der Waals surface area contributed by atoms with E-state index < -0.39 is 47.5 Å². The van der Waals surface area contributed by atoms with Crippen LogP contribution in [-0.4, -0.2) is 106 Å². The quantitative estimate of drug-likeness (QED) is 0.0314. The first-order chi connectivity index (χ1) is 27.5. The fourth-order valence-corrected chi connectivity index (χ4v) is 6.31. The standard InChI is InChI=1S/C39H52N8O10/c1-4-5-18-35(48)45(25-29-19-21-30(22-20-29)32-16-9-10-17-33(32)37-41-43-44-42-37)36(27(2)3)38(49)40-34(24-28-13-7-6-8-14-28)39(50)55-23-12-11-15-31(57-47(53)54)26-56-46(51)52/h6-10,13-14,16-17,19-22,27,31,34,36,51-54H,4-5,11-12,15,18,23-26H2,1-3H3,(H,40,49)(H,41,42,43,44). The monoisotopic (exact) mass is 792 g/mol. The van der Waals surface area contributed by atoms with Gasteiger partial charge in [0, 0.05) is 24.9 Å². The average Bonchev–Trinajstić information content (AvgIpc) is 3.74. The number of ether oxygens (including phenoxy) is 1. The van der Waals surface area contributed by atoms with E-state index in [9.17, 15) is 14.4 Å². The van der Waals surface area contributed by atoms with Crippen LogP contribution in [0.1, 0.15) is 70.4 Å². The molecule has 1 aromatic heterocycles. The van der Waals surface area contributed by atoms with Crippen LogP contribution in [0.15, 0.2) is 78.9 Å². The van der Waals surface area contributed by atoms with Crippen LogP contribution in [-0.2, 0) is 41.8 Å². The van der Waals surface area contributed by atoms with Crippen molar-refractivity contribution in [2.75, 3.05) is 13.2 Å². The van der Waals surface area contributed by atoms with Crippen molar-refractivity contribution in [3.05, 3.63) is 90.0 Å². The van der Waals surface area contributed by atoms with Crippen LogP contribution in [0.3, 0.4) is 0 Å². The van der Waals surface area contributed by atoms with Gasteiger partial charge < -0.3 is 15.0 Å². The van der Waals surface area contributed by atoms with Gasteiger partial charge in [-0.1, -0.05) is 106 Å². The molecule has 6 N–H and O–H groups in total. The summed E-state index contributed by atoms with van der Waals surface area (Å²) >= 11 is 0. The van der Waals surface area contributed by atoms with Gasteiger partial charge in [0.25, 0.3) is 0 Å². The number of nitrogens with zero attached hydrogens (tertiary/aromatic N) is 6. The van der Waals surface area contributed by atoms with Crippen LogP contribution in [0.2, 0.25) is 0 Å². The number of hydrogen-bond acceptors (Lipinski definition) is 15. The molecule has 0 bridgehead atoms. The number of aromatic amines is 1. The molecular formula is C39H52N8O10. The summed E-state index contributed by atoms with van der Waals surface area (Å²) in [6.07, 6.45) is 1.72. The number of rotatable bonds is 24. The first-order valence-electron chi connectivity index (χ1n) is 18.8. The number of H-pyrrole nitrogens is 1. The number of carbonyl (C=O) groups excluding carboxylic acids is 3. The van der Waals surface area contributed by atoms with Crippen molar-refractivity contribution >= 4 is 17.8 Å². The molecule has 0 saturated carbocycles. The number of unbranched alkanes of at least 4 members (excludes halogenated alkanes) is 2. The lowest BCUT2D eigenvalue weighted by Gasteiger charge is -2.34. The lowest BCUT2D eigenvalue weighted by Crippen LogP contribution is -2.55. The fraction of sp³-hybridized carbons (Fsp3) is 0.436. The number of nitrogens with one attached hydrogen (secondary N) is 2. The summed E-state index contributed by atoms with van der Waals surface area (Å²) < 4.78 is 5.60. The molecule has 0 radical (unpaired) electrons. The molecule has 0 fully saturated rings. The summed E-state index contributed by atoms with van der Waals surface area (Å²) in [7, 11) is 0. The highest BCUT2D eigenvalue weighted by molar-refractivity contribution is 5.91. The summed E-state index contributed by atoms with van der Waals surface area (Å²) in [6, 6.07) is 22.6. The van der Waals surface area contributed by atoms with Gasteiger partial charge in [0.1, 0.15) is 24.8 Å². The van der Waals surface area contributed by atoms with Gasteiger partial charge in [-0.25, -0.2) is 14.5 Å². The van der Waals surface area contributed by atoms with Gasteiger partial charge in [-0.2, -0.15) is 5.21 Å². The maximum atomic E-state index is 14.3. The van der Waals surface area contributed by atoms with E-state index >= 15 is 0 Å². The third kappa shape index (κ3) is 14.4. The van der Waals surface area contributed by atoms with Gasteiger partial charge in [0.2, 0.25) is 17.6 Å². The average molecular weight is 793 g/mol. The molecule has 4 rings (SSSR count). The number of carbonyl (C=O) groups is 3. The van der Waals surface area contributed by atoms with Gasteiger partial charge in [-0.3, -0.25) is 30.4 Å². The van der Waals surface area contributed by atoms with Crippen molar-refractivity contribution in [2.24, 2.45) is 5.92 Å². The fourth-order valence-electron chi connectivity index (χ4n) is 6.31. The molecule has 3 atom stereocenters. The van der Waals surface area contributed by atoms with Crippen molar-refractivity contribution in [2.45, 2.75) is 90.4 Å². The molecule has 57 heavy (non-hydrogen) atoms. The molecule has 1 heterocycles. The molecule has 0 aliphatic heterocycles. The normalized spacial score (nSPS) is 13.1. The predicted molar refractivity (Wildman–Crippen MR) is 202 cm³/mol. The summed E-state index contributed by atoms with van der Waals surface area (Å²) in [4.78, 5) is 52.6. The van der Waals surface area contributed by atoms with E-state index in [0.29, 0.717) is 25.1 Å². The van der Waals surface area contributed by atoms with E-state index in [1.807, 2.05) is 99.6 Å². The van der Waals surface area contributed by atoms with Crippen LogP contribution >= 0.6 is 0 Å². The van der Waals surface area contributed by atoms with Gasteiger partial charge in [0.15, 0.2) is 0 Å². The minimum absolute atomic E-state index is 0.0352. The zero-order valence-corrected chi connectivity index (χ0v) is 32.3. The number of tetrazole rings is 1. The molecule has 3 aromatic carbocycles. The summed E-state index contributed by atoms with van der Waals surface area (Å²) in [5.41, 5.74) is 4.22. The highest BCUT2D eigenvalue weighted by atomic mass is 17.1. The summed E-state index contributed by atoms with van der Waals surface area (Å²) in [5, 5.41) is 51.9. The van der Waals surface area contributed by atoms with Crippen LogP contribution < -0.4 is 5.32 Å². The second kappa shape index (κ2) is 23.1. The Bertz CT molecular complexity index is 1800.